The summed E-state index contributed by atoms with van der Waals surface area (Å²) in [6.45, 7) is 5.12. The van der Waals surface area contributed by atoms with Gasteiger partial charge in [0, 0.05) is 54.1 Å². The molecular formula is C26H26ClN3O3S. The Hall–Kier alpha value is -2.74. The van der Waals surface area contributed by atoms with Crippen molar-refractivity contribution >= 4 is 29.3 Å². The molecule has 0 bridgehead atoms. The van der Waals surface area contributed by atoms with Crippen LogP contribution in [0, 0.1) is 6.92 Å². The van der Waals surface area contributed by atoms with E-state index in [9.17, 15) is 4.79 Å². The summed E-state index contributed by atoms with van der Waals surface area (Å²) in [7, 11) is 0. The minimum atomic E-state index is -0.0585. The van der Waals surface area contributed by atoms with Gasteiger partial charge in [-0.2, -0.15) is 0 Å². The minimum absolute atomic E-state index is 0.0585. The van der Waals surface area contributed by atoms with Gasteiger partial charge < -0.3 is 14.8 Å². The van der Waals surface area contributed by atoms with Crippen LogP contribution in [-0.4, -0.2) is 35.4 Å². The first kappa shape index (κ1) is 23.0. The maximum absolute atomic E-state index is 12.9. The van der Waals surface area contributed by atoms with Gasteiger partial charge in [-0.3, -0.25) is 14.7 Å². The lowest BCUT2D eigenvalue weighted by atomic mass is 9.94. The van der Waals surface area contributed by atoms with Crippen LogP contribution < -0.4 is 14.8 Å². The molecule has 3 aromatic rings. The van der Waals surface area contributed by atoms with Crippen molar-refractivity contribution < 1.29 is 14.3 Å². The number of pyridine rings is 1. The van der Waals surface area contributed by atoms with Gasteiger partial charge in [-0.15, -0.1) is 11.8 Å². The Morgan fingerprint density at radius 3 is 2.85 bits per heavy atom. The van der Waals surface area contributed by atoms with E-state index in [2.05, 4.69) is 15.2 Å². The van der Waals surface area contributed by atoms with Crippen molar-refractivity contribution in [3.05, 3.63) is 81.1 Å². The van der Waals surface area contributed by atoms with E-state index in [1.807, 2.05) is 55.8 Å². The van der Waals surface area contributed by atoms with E-state index in [4.69, 9.17) is 21.1 Å². The number of hydrogen-bond donors (Lipinski definition) is 1. The minimum Gasteiger partial charge on any atom is -0.454 e. The Bertz CT molecular complexity index is 1250. The molecule has 1 amide bonds. The van der Waals surface area contributed by atoms with Crippen LogP contribution in [0.25, 0.3) is 0 Å². The second kappa shape index (κ2) is 9.86. The van der Waals surface area contributed by atoms with Crippen molar-refractivity contribution in [3.63, 3.8) is 0 Å². The van der Waals surface area contributed by atoms with Crippen molar-refractivity contribution in [3.8, 4) is 11.5 Å². The van der Waals surface area contributed by atoms with Gasteiger partial charge >= 0.3 is 0 Å². The number of ether oxygens (including phenoxy) is 2. The van der Waals surface area contributed by atoms with Gasteiger partial charge in [0.15, 0.2) is 11.5 Å². The van der Waals surface area contributed by atoms with E-state index in [0.29, 0.717) is 22.9 Å². The maximum Gasteiger partial charge on any atom is 0.252 e. The van der Waals surface area contributed by atoms with Crippen LogP contribution >= 0.6 is 23.4 Å². The fourth-order valence-electron chi connectivity index (χ4n) is 4.57. The van der Waals surface area contributed by atoms with Gasteiger partial charge in [0.25, 0.3) is 5.91 Å². The monoisotopic (exact) mass is 495 g/mol. The molecule has 8 heteroatoms. The molecule has 176 valence electrons. The van der Waals surface area contributed by atoms with Crippen molar-refractivity contribution in [1.29, 1.82) is 0 Å². The summed E-state index contributed by atoms with van der Waals surface area (Å²) in [6.07, 6.45) is 4.84. The summed E-state index contributed by atoms with van der Waals surface area (Å²) < 4.78 is 10.9. The molecule has 0 unspecified atom stereocenters. The predicted molar refractivity (Wildman–Crippen MR) is 134 cm³/mol. The summed E-state index contributed by atoms with van der Waals surface area (Å²) in [5.41, 5.74) is 6.30. The molecule has 0 radical (unpaired) electrons. The van der Waals surface area contributed by atoms with Crippen LogP contribution in [0.4, 0.5) is 0 Å². The molecule has 0 spiro atoms. The van der Waals surface area contributed by atoms with Crippen LogP contribution in [0.3, 0.4) is 0 Å². The quantitative estimate of drug-likeness (QED) is 0.486. The fourth-order valence-corrected chi connectivity index (χ4v) is 5.38. The Labute approximate surface area is 208 Å². The first-order valence-corrected chi connectivity index (χ1v) is 12.8. The summed E-state index contributed by atoms with van der Waals surface area (Å²) in [6, 6.07) is 11.5. The second-order valence-electron chi connectivity index (χ2n) is 8.47. The number of amides is 1. The summed E-state index contributed by atoms with van der Waals surface area (Å²) in [5.74, 6) is 1.39. The van der Waals surface area contributed by atoms with Crippen LogP contribution in [-0.2, 0) is 26.1 Å². The summed E-state index contributed by atoms with van der Waals surface area (Å²) in [4.78, 5) is 20.8. The van der Waals surface area contributed by atoms with Gasteiger partial charge in [-0.25, -0.2) is 0 Å². The number of nitrogens with one attached hydrogen (secondary N) is 1. The highest BCUT2D eigenvalue weighted by molar-refractivity contribution is 7.98. The molecule has 2 aliphatic rings. The van der Waals surface area contributed by atoms with Crippen LogP contribution in [0.1, 0.15) is 38.3 Å². The lowest BCUT2D eigenvalue weighted by molar-refractivity contribution is 0.0947. The highest BCUT2D eigenvalue weighted by Crippen LogP contribution is 2.37. The molecule has 5 rings (SSSR count). The number of halogens is 1. The third kappa shape index (κ3) is 4.60. The van der Waals surface area contributed by atoms with Crippen molar-refractivity contribution in [2.75, 3.05) is 19.6 Å². The third-order valence-corrected chi connectivity index (χ3v) is 7.54. The van der Waals surface area contributed by atoms with Gasteiger partial charge in [0.1, 0.15) is 0 Å². The van der Waals surface area contributed by atoms with Gasteiger partial charge in [0.2, 0.25) is 6.79 Å². The lowest BCUT2D eigenvalue weighted by Gasteiger charge is -2.30. The van der Waals surface area contributed by atoms with E-state index < -0.39 is 0 Å². The zero-order valence-corrected chi connectivity index (χ0v) is 20.8. The Morgan fingerprint density at radius 2 is 2.03 bits per heavy atom. The third-order valence-electron chi connectivity index (χ3n) is 6.39. The number of benzene rings is 2. The second-order valence-corrected chi connectivity index (χ2v) is 9.72. The van der Waals surface area contributed by atoms with Gasteiger partial charge in [-0.05, 0) is 60.1 Å². The molecule has 3 heterocycles. The van der Waals surface area contributed by atoms with E-state index in [1.54, 1.807) is 11.8 Å². The number of carbonyl (C=O) groups excluding carboxylic acids is 1. The number of fused-ring (bicyclic) bond motifs is 2. The normalized spacial score (nSPS) is 14.7. The Kier molecular flexibility index (Phi) is 6.68. The summed E-state index contributed by atoms with van der Waals surface area (Å²) in [5, 5.41) is 3.80. The van der Waals surface area contributed by atoms with Crippen LogP contribution in [0.5, 0.6) is 11.5 Å². The molecule has 1 aromatic heterocycles. The standard InChI is InChI=1S/C26H26ClN3O3S/c1-16-21(12-29-26(31)20-5-3-4-6-25(20)34-2)19-7-8-30(14-18(19)11-28-16)13-17-9-23-24(10-22(17)27)33-15-32-23/h3-6,9-11H,7-8,12-15H2,1-2H3,(H,29,31). The molecule has 0 saturated heterocycles. The average Bonchev–Trinajstić information content (AvgIpc) is 3.30. The highest BCUT2D eigenvalue weighted by atomic mass is 35.5. The molecule has 2 aromatic carbocycles. The SMILES string of the molecule is CSc1ccccc1C(=O)NCc1c(C)ncc2c1CCN(Cc1cc3c(cc1Cl)OCO3)C2. The van der Waals surface area contributed by atoms with Crippen molar-refractivity contribution in [2.24, 2.45) is 0 Å². The van der Waals surface area contributed by atoms with Crippen LogP contribution in [0.2, 0.25) is 5.02 Å². The zero-order valence-electron chi connectivity index (χ0n) is 19.2. The molecule has 34 heavy (non-hydrogen) atoms. The number of thioether (sulfide) groups is 1. The summed E-state index contributed by atoms with van der Waals surface area (Å²) >= 11 is 8.08. The first-order valence-electron chi connectivity index (χ1n) is 11.2. The molecule has 2 aliphatic heterocycles. The number of aromatic nitrogens is 1. The Morgan fingerprint density at radius 1 is 1.24 bits per heavy atom. The number of hydrogen-bond acceptors (Lipinski definition) is 6. The zero-order chi connectivity index (χ0) is 23.7. The van der Waals surface area contributed by atoms with Gasteiger partial charge in [-0.1, -0.05) is 23.7 Å². The number of nitrogens with zero attached hydrogens (tertiary/aromatic N) is 2. The fraction of sp³-hybridized carbons (Fsp3) is 0.308. The number of carbonyl (C=O) groups is 1. The van der Waals surface area contributed by atoms with Crippen LogP contribution in [0.15, 0.2) is 47.5 Å². The number of aryl methyl sites for hydroxylation is 1. The van der Waals surface area contributed by atoms with E-state index in [0.717, 1.165) is 53.5 Å². The van der Waals surface area contributed by atoms with E-state index >= 15 is 0 Å². The highest BCUT2D eigenvalue weighted by Gasteiger charge is 2.23. The van der Waals surface area contributed by atoms with E-state index in [1.165, 1.54) is 11.1 Å². The molecule has 0 fully saturated rings. The largest absolute Gasteiger partial charge is 0.454 e. The first-order chi connectivity index (χ1) is 16.5. The lowest BCUT2D eigenvalue weighted by Crippen LogP contribution is -2.32. The molecule has 1 N–H and O–H groups in total. The molecule has 6 nitrogen and oxygen atoms in total. The smallest absolute Gasteiger partial charge is 0.252 e. The van der Waals surface area contributed by atoms with E-state index in [-0.39, 0.29) is 12.7 Å². The molecule has 0 aliphatic carbocycles. The average molecular weight is 496 g/mol. The van der Waals surface area contributed by atoms with Crippen molar-refractivity contribution in [2.45, 2.75) is 37.9 Å². The topological polar surface area (TPSA) is 63.7 Å². The predicted octanol–water partition coefficient (Wildman–Crippen LogP) is 4.98. The Balaban J connectivity index is 1.30. The molecule has 0 atom stereocenters. The number of rotatable bonds is 6. The maximum atomic E-state index is 12.9. The molecule has 0 saturated carbocycles. The van der Waals surface area contributed by atoms with Gasteiger partial charge in [0.05, 0.1) is 5.56 Å². The van der Waals surface area contributed by atoms with Crippen molar-refractivity contribution in [1.82, 2.24) is 15.2 Å². The molecular weight excluding hydrogens is 470 g/mol.